The Morgan fingerprint density at radius 3 is 2.70 bits per heavy atom. The van der Waals surface area contributed by atoms with Crippen LogP contribution in [0.3, 0.4) is 0 Å². The molecular weight excluding hydrogens is 338 g/mol. The lowest BCUT2D eigenvalue weighted by atomic mass is 9.79. The summed E-state index contributed by atoms with van der Waals surface area (Å²) in [6.07, 6.45) is 6.68. The van der Waals surface area contributed by atoms with Crippen LogP contribution in [0.5, 0.6) is 5.75 Å². The lowest BCUT2D eigenvalue weighted by molar-refractivity contribution is 0.0510. The lowest BCUT2D eigenvalue weighted by Crippen LogP contribution is -2.32. The van der Waals surface area contributed by atoms with Gasteiger partial charge < -0.3 is 19.1 Å². The summed E-state index contributed by atoms with van der Waals surface area (Å²) in [5.41, 5.74) is 2.85. The van der Waals surface area contributed by atoms with Gasteiger partial charge in [-0.2, -0.15) is 0 Å². The minimum absolute atomic E-state index is 0.280. The summed E-state index contributed by atoms with van der Waals surface area (Å²) in [6.45, 7) is 10.2. The van der Waals surface area contributed by atoms with Crippen molar-refractivity contribution in [1.29, 1.82) is 0 Å². The topological polar surface area (TPSA) is 30.9 Å². The smallest absolute Gasteiger partial charge is 0.188 e. The number of hydrogen-bond acceptors (Lipinski definition) is 4. The van der Waals surface area contributed by atoms with Crippen LogP contribution in [0, 0.1) is 5.92 Å². The van der Waals surface area contributed by atoms with Crippen LogP contribution in [0.1, 0.15) is 57.1 Å². The second-order valence-electron chi connectivity index (χ2n) is 7.36. The van der Waals surface area contributed by atoms with Crippen molar-refractivity contribution >= 4 is 0 Å². The number of allylic oxidation sites excluding steroid dienone is 2. The number of ether oxygens (including phenoxy) is 3. The van der Waals surface area contributed by atoms with E-state index in [1.54, 1.807) is 14.2 Å². The van der Waals surface area contributed by atoms with Crippen molar-refractivity contribution < 1.29 is 14.2 Å². The van der Waals surface area contributed by atoms with Crippen molar-refractivity contribution in [2.24, 2.45) is 5.92 Å². The molecule has 0 radical (unpaired) electrons. The highest BCUT2D eigenvalue weighted by atomic mass is 16.7. The molecule has 0 N–H and O–H groups in total. The van der Waals surface area contributed by atoms with Gasteiger partial charge in [-0.25, -0.2) is 0 Å². The molecule has 0 saturated carbocycles. The number of methoxy groups -OCH3 is 2. The van der Waals surface area contributed by atoms with Gasteiger partial charge in [0.15, 0.2) is 6.79 Å². The van der Waals surface area contributed by atoms with Crippen molar-refractivity contribution in [3.63, 3.8) is 0 Å². The third-order valence-electron chi connectivity index (χ3n) is 5.52. The third kappa shape index (κ3) is 5.73. The average molecular weight is 376 g/mol. The third-order valence-corrected chi connectivity index (χ3v) is 5.52. The summed E-state index contributed by atoms with van der Waals surface area (Å²) < 4.78 is 16.7. The standard InChI is InChI=1S/C23H37NO3/c1-6-9-20(23(8-3)26-5)22-16-24(13-7-2)14-12-18-10-11-19(15-21(18)22)27-17-25-4/h8,10-11,15,20,22H,6-7,9,12-14,16-17H2,1-5H3/b23-8+. The Kier molecular flexibility index (Phi) is 9.16. The molecule has 1 heterocycles. The predicted molar refractivity (Wildman–Crippen MR) is 111 cm³/mol. The zero-order chi connectivity index (χ0) is 19.6. The van der Waals surface area contributed by atoms with Gasteiger partial charge in [-0.15, -0.1) is 0 Å². The summed E-state index contributed by atoms with van der Waals surface area (Å²) in [4.78, 5) is 2.62. The summed E-state index contributed by atoms with van der Waals surface area (Å²) in [5, 5.41) is 0. The maximum Gasteiger partial charge on any atom is 0.188 e. The van der Waals surface area contributed by atoms with Gasteiger partial charge in [-0.1, -0.05) is 26.3 Å². The molecular formula is C23H37NO3. The average Bonchev–Trinajstić information content (AvgIpc) is 2.86. The summed E-state index contributed by atoms with van der Waals surface area (Å²) >= 11 is 0. The van der Waals surface area contributed by atoms with Gasteiger partial charge in [0.1, 0.15) is 5.75 Å². The normalized spacial score (nSPS) is 19.3. The molecule has 4 nitrogen and oxygen atoms in total. The largest absolute Gasteiger partial charge is 0.501 e. The van der Waals surface area contributed by atoms with E-state index in [4.69, 9.17) is 14.2 Å². The molecule has 0 aromatic heterocycles. The molecule has 0 aliphatic carbocycles. The fourth-order valence-electron chi connectivity index (χ4n) is 4.31. The van der Waals surface area contributed by atoms with E-state index in [2.05, 4.69) is 49.9 Å². The first-order valence-corrected chi connectivity index (χ1v) is 10.3. The lowest BCUT2D eigenvalue weighted by Gasteiger charge is -2.32. The minimum atomic E-state index is 0.280. The van der Waals surface area contributed by atoms with Crippen LogP contribution in [0.2, 0.25) is 0 Å². The Balaban J connectivity index is 2.45. The van der Waals surface area contributed by atoms with Crippen LogP contribution in [-0.2, 0) is 15.9 Å². The number of benzene rings is 1. The van der Waals surface area contributed by atoms with Crippen LogP contribution in [0.15, 0.2) is 30.0 Å². The molecule has 2 unspecified atom stereocenters. The maximum absolute atomic E-state index is 5.80. The SMILES string of the molecule is C/C=C(/OC)C(CCC)C1CN(CCC)CCc2ccc(OCOC)cc21. The highest BCUT2D eigenvalue weighted by Gasteiger charge is 2.32. The van der Waals surface area contributed by atoms with E-state index in [0.29, 0.717) is 11.8 Å². The Labute approximate surface area is 165 Å². The van der Waals surface area contributed by atoms with Crippen molar-refractivity contribution in [3.05, 3.63) is 41.2 Å². The van der Waals surface area contributed by atoms with E-state index < -0.39 is 0 Å². The Morgan fingerprint density at radius 2 is 2.07 bits per heavy atom. The van der Waals surface area contributed by atoms with E-state index >= 15 is 0 Å². The number of rotatable bonds is 10. The Bertz CT molecular complexity index is 599. The fraction of sp³-hybridized carbons (Fsp3) is 0.652. The molecule has 1 aromatic carbocycles. The van der Waals surface area contributed by atoms with Crippen LogP contribution in [0.25, 0.3) is 0 Å². The van der Waals surface area contributed by atoms with E-state index in [1.165, 1.54) is 17.5 Å². The van der Waals surface area contributed by atoms with Crippen molar-refractivity contribution in [2.75, 3.05) is 40.6 Å². The van der Waals surface area contributed by atoms with Crippen molar-refractivity contribution in [1.82, 2.24) is 4.90 Å². The summed E-state index contributed by atoms with van der Waals surface area (Å²) in [5.74, 6) is 2.79. The molecule has 2 atom stereocenters. The van der Waals surface area contributed by atoms with Crippen molar-refractivity contribution in [3.8, 4) is 5.75 Å². The van der Waals surface area contributed by atoms with E-state index in [0.717, 1.165) is 50.4 Å². The first-order valence-electron chi connectivity index (χ1n) is 10.3. The van der Waals surface area contributed by atoms with Gasteiger partial charge >= 0.3 is 0 Å². The fourth-order valence-corrected chi connectivity index (χ4v) is 4.31. The Morgan fingerprint density at radius 1 is 1.26 bits per heavy atom. The molecule has 2 rings (SSSR count). The minimum Gasteiger partial charge on any atom is -0.501 e. The maximum atomic E-state index is 5.80. The first-order chi connectivity index (χ1) is 13.2. The second kappa shape index (κ2) is 11.4. The zero-order valence-electron chi connectivity index (χ0n) is 17.8. The van der Waals surface area contributed by atoms with Crippen LogP contribution >= 0.6 is 0 Å². The number of hydrogen-bond donors (Lipinski definition) is 0. The van der Waals surface area contributed by atoms with Gasteiger partial charge in [0.05, 0.1) is 12.9 Å². The van der Waals surface area contributed by atoms with Gasteiger partial charge in [-0.3, -0.25) is 0 Å². The quantitative estimate of drug-likeness (QED) is 0.426. The second-order valence-corrected chi connectivity index (χ2v) is 7.36. The summed E-state index contributed by atoms with van der Waals surface area (Å²) in [7, 11) is 3.46. The molecule has 1 aromatic rings. The van der Waals surface area contributed by atoms with Gasteiger partial charge in [0.2, 0.25) is 0 Å². The molecule has 4 heteroatoms. The van der Waals surface area contributed by atoms with Gasteiger partial charge in [0, 0.05) is 32.0 Å². The Hall–Kier alpha value is -1.52. The number of nitrogens with zero attached hydrogens (tertiary/aromatic N) is 1. The first kappa shape index (κ1) is 21.8. The van der Waals surface area contributed by atoms with E-state index in [9.17, 15) is 0 Å². The predicted octanol–water partition coefficient (Wildman–Crippen LogP) is 4.99. The molecule has 0 amide bonds. The molecule has 0 spiro atoms. The van der Waals surface area contributed by atoms with E-state index in [1.807, 2.05) is 0 Å². The molecule has 0 saturated heterocycles. The molecule has 0 fully saturated rings. The molecule has 1 aliphatic heterocycles. The monoisotopic (exact) mass is 375 g/mol. The molecule has 1 aliphatic rings. The summed E-state index contributed by atoms with van der Waals surface area (Å²) in [6, 6.07) is 6.56. The number of fused-ring (bicyclic) bond motifs is 1. The highest BCUT2D eigenvalue weighted by Crippen LogP contribution is 2.39. The molecule has 0 bridgehead atoms. The molecule has 27 heavy (non-hydrogen) atoms. The van der Waals surface area contributed by atoms with Crippen molar-refractivity contribution in [2.45, 2.75) is 52.4 Å². The molecule has 152 valence electrons. The van der Waals surface area contributed by atoms with E-state index in [-0.39, 0.29) is 6.79 Å². The van der Waals surface area contributed by atoms with Gasteiger partial charge in [-0.05, 0) is 62.1 Å². The highest BCUT2D eigenvalue weighted by molar-refractivity contribution is 5.40. The zero-order valence-corrected chi connectivity index (χ0v) is 17.8. The van der Waals surface area contributed by atoms with Gasteiger partial charge in [0.25, 0.3) is 0 Å². The van der Waals surface area contributed by atoms with Crippen LogP contribution < -0.4 is 4.74 Å². The van der Waals surface area contributed by atoms with Crippen LogP contribution in [0.4, 0.5) is 0 Å². The van der Waals surface area contributed by atoms with Crippen LogP contribution in [-0.4, -0.2) is 45.5 Å².